The predicted octanol–water partition coefficient (Wildman–Crippen LogP) is 2.57. The quantitative estimate of drug-likeness (QED) is 0.870. The van der Waals surface area contributed by atoms with Crippen LogP contribution in [0.2, 0.25) is 0 Å². The zero-order valence-corrected chi connectivity index (χ0v) is 10.8. The molecule has 5 heteroatoms. The van der Waals surface area contributed by atoms with Gasteiger partial charge >= 0.3 is 0 Å². The molecule has 1 aromatic carbocycles. The molecule has 4 nitrogen and oxygen atoms in total. The van der Waals surface area contributed by atoms with Gasteiger partial charge in [0.2, 0.25) is 5.95 Å². The van der Waals surface area contributed by atoms with E-state index in [1.165, 1.54) is 5.56 Å². The summed E-state index contributed by atoms with van der Waals surface area (Å²) < 4.78 is 0. The Balaban J connectivity index is 1.92. The van der Waals surface area contributed by atoms with Crippen molar-refractivity contribution in [2.45, 2.75) is 18.4 Å². The number of aryl methyl sites for hydroxylation is 1. The third-order valence-electron chi connectivity index (χ3n) is 2.90. The fraction of sp³-hybridized carbons (Fsp3) is 0.231. The summed E-state index contributed by atoms with van der Waals surface area (Å²) >= 11 is 1.72. The molecule has 1 aliphatic heterocycles. The summed E-state index contributed by atoms with van der Waals surface area (Å²) in [5, 5.41) is 3.13. The van der Waals surface area contributed by atoms with E-state index < -0.39 is 0 Å². The highest BCUT2D eigenvalue weighted by atomic mass is 32.2. The molecule has 0 unspecified atom stereocenters. The summed E-state index contributed by atoms with van der Waals surface area (Å²) in [6, 6.07) is 7.97. The van der Waals surface area contributed by atoms with Crippen LogP contribution in [0.4, 0.5) is 11.6 Å². The molecule has 2 heterocycles. The molecule has 0 atom stereocenters. The minimum atomic E-state index is -0.0281. The Morgan fingerprint density at radius 3 is 2.83 bits per heavy atom. The molecule has 92 valence electrons. The smallest absolute Gasteiger partial charge is 0.256 e. The lowest BCUT2D eigenvalue weighted by Gasteiger charge is -2.07. The molecular formula is C13H13N3OS. The van der Waals surface area contributed by atoms with Gasteiger partial charge < -0.3 is 5.32 Å². The van der Waals surface area contributed by atoms with Crippen LogP contribution in [0.25, 0.3) is 0 Å². The lowest BCUT2D eigenvalue weighted by Crippen LogP contribution is -2.16. The zero-order chi connectivity index (χ0) is 12.5. The van der Waals surface area contributed by atoms with E-state index in [1.807, 2.05) is 31.2 Å². The number of fused-ring (bicyclic) bond motifs is 1. The standard InChI is InChI=1S/C13H13N3OS/c1-8-2-4-9(5-3-8)14-13-15-11-7-18-6-10(11)12(17)16-13/h2-5H,6-7H2,1H3,(H2,14,15,16,17). The Bertz CT molecular complexity index is 634. The number of benzene rings is 1. The van der Waals surface area contributed by atoms with Crippen LogP contribution in [0.15, 0.2) is 29.1 Å². The molecule has 2 aromatic rings. The first kappa shape index (κ1) is 11.3. The lowest BCUT2D eigenvalue weighted by molar-refractivity contribution is 1.03. The number of aromatic amines is 1. The molecule has 2 N–H and O–H groups in total. The maximum absolute atomic E-state index is 11.8. The molecule has 0 saturated carbocycles. The van der Waals surface area contributed by atoms with E-state index in [0.29, 0.717) is 5.95 Å². The average molecular weight is 259 g/mol. The number of hydrogen-bond donors (Lipinski definition) is 2. The van der Waals surface area contributed by atoms with Gasteiger partial charge in [0.15, 0.2) is 0 Å². The summed E-state index contributed by atoms with van der Waals surface area (Å²) in [7, 11) is 0. The van der Waals surface area contributed by atoms with Gasteiger partial charge in [0, 0.05) is 22.8 Å². The number of nitrogens with one attached hydrogen (secondary N) is 2. The van der Waals surface area contributed by atoms with Crippen LogP contribution in [-0.4, -0.2) is 9.97 Å². The molecular weight excluding hydrogens is 246 g/mol. The Hall–Kier alpha value is -1.75. The third kappa shape index (κ3) is 2.13. The number of nitrogens with zero attached hydrogens (tertiary/aromatic N) is 1. The normalized spacial score (nSPS) is 13.4. The second kappa shape index (κ2) is 4.49. The summed E-state index contributed by atoms with van der Waals surface area (Å²) in [4.78, 5) is 19.1. The third-order valence-corrected chi connectivity index (χ3v) is 3.87. The fourth-order valence-electron chi connectivity index (χ4n) is 1.90. The Kier molecular flexibility index (Phi) is 2.83. The first-order valence-electron chi connectivity index (χ1n) is 5.76. The largest absolute Gasteiger partial charge is 0.326 e. The first-order valence-corrected chi connectivity index (χ1v) is 6.91. The van der Waals surface area contributed by atoms with Crippen molar-refractivity contribution in [3.8, 4) is 0 Å². The van der Waals surface area contributed by atoms with Crippen LogP contribution in [0.5, 0.6) is 0 Å². The van der Waals surface area contributed by atoms with Gasteiger partial charge in [0.05, 0.1) is 5.69 Å². The summed E-state index contributed by atoms with van der Waals surface area (Å²) in [6.45, 7) is 2.04. The lowest BCUT2D eigenvalue weighted by atomic mass is 10.2. The van der Waals surface area contributed by atoms with Gasteiger partial charge in [-0.25, -0.2) is 4.98 Å². The van der Waals surface area contributed by atoms with Gasteiger partial charge in [-0.2, -0.15) is 11.8 Å². The van der Waals surface area contributed by atoms with Crippen molar-refractivity contribution in [3.05, 3.63) is 51.4 Å². The van der Waals surface area contributed by atoms with Gasteiger partial charge in [-0.05, 0) is 19.1 Å². The zero-order valence-electron chi connectivity index (χ0n) is 9.99. The highest BCUT2D eigenvalue weighted by Gasteiger charge is 2.17. The summed E-state index contributed by atoms with van der Waals surface area (Å²) in [5.74, 6) is 2.11. The van der Waals surface area contributed by atoms with Crippen molar-refractivity contribution in [1.29, 1.82) is 0 Å². The molecule has 0 fully saturated rings. The number of aromatic nitrogens is 2. The van der Waals surface area contributed by atoms with Crippen LogP contribution in [0.1, 0.15) is 16.8 Å². The second-order valence-corrected chi connectivity index (χ2v) is 5.31. The van der Waals surface area contributed by atoms with Crippen molar-refractivity contribution in [3.63, 3.8) is 0 Å². The van der Waals surface area contributed by atoms with E-state index in [1.54, 1.807) is 11.8 Å². The number of thioether (sulfide) groups is 1. The van der Waals surface area contributed by atoms with Gasteiger partial charge in [-0.15, -0.1) is 0 Å². The Labute approximate surface area is 109 Å². The molecule has 0 saturated heterocycles. The van der Waals surface area contributed by atoms with E-state index in [2.05, 4.69) is 15.3 Å². The van der Waals surface area contributed by atoms with Crippen molar-refractivity contribution >= 4 is 23.4 Å². The molecule has 0 spiro atoms. The van der Waals surface area contributed by atoms with Crippen molar-refractivity contribution in [2.24, 2.45) is 0 Å². The maximum atomic E-state index is 11.8. The van der Waals surface area contributed by atoms with Crippen LogP contribution in [-0.2, 0) is 11.5 Å². The molecule has 0 radical (unpaired) electrons. The molecule has 0 bridgehead atoms. The summed E-state index contributed by atoms with van der Waals surface area (Å²) in [6.07, 6.45) is 0. The maximum Gasteiger partial charge on any atom is 0.256 e. The number of anilines is 2. The number of hydrogen-bond acceptors (Lipinski definition) is 4. The predicted molar refractivity (Wildman–Crippen MR) is 74.3 cm³/mol. The van der Waals surface area contributed by atoms with Gasteiger partial charge in [-0.3, -0.25) is 9.78 Å². The van der Waals surface area contributed by atoms with E-state index in [-0.39, 0.29) is 5.56 Å². The monoisotopic (exact) mass is 259 g/mol. The summed E-state index contributed by atoms with van der Waals surface area (Å²) in [5.41, 5.74) is 3.81. The second-order valence-electron chi connectivity index (χ2n) is 4.32. The minimum absolute atomic E-state index is 0.0281. The molecule has 0 amide bonds. The molecule has 0 aliphatic carbocycles. The number of rotatable bonds is 2. The molecule has 1 aliphatic rings. The van der Waals surface area contributed by atoms with Gasteiger partial charge in [0.25, 0.3) is 5.56 Å². The van der Waals surface area contributed by atoms with Crippen molar-refractivity contribution in [2.75, 3.05) is 5.32 Å². The van der Waals surface area contributed by atoms with Crippen LogP contribution in [0, 0.1) is 6.92 Å². The molecule has 18 heavy (non-hydrogen) atoms. The van der Waals surface area contributed by atoms with E-state index in [9.17, 15) is 4.79 Å². The van der Waals surface area contributed by atoms with Gasteiger partial charge in [0.1, 0.15) is 0 Å². The topological polar surface area (TPSA) is 57.8 Å². The van der Waals surface area contributed by atoms with Crippen LogP contribution in [0.3, 0.4) is 0 Å². The van der Waals surface area contributed by atoms with Crippen LogP contribution >= 0.6 is 11.8 Å². The van der Waals surface area contributed by atoms with Gasteiger partial charge in [-0.1, -0.05) is 17.7 Å². The SMILES string of the molecule is Cc1ccc(Nc2nc3c(c(=O)[nH]2)CSC3)cc1. The molecule has 1 aromatic heterocycles. The average Bonchev–Trinajstić information content (AvgIpc) is 2.81. The number of H-pyrrole nitrogens is 1. The van der Waals surface area contributed by atoms with Crippen molar-refractivity contribution in [1.82, 2.24) is 9.97 Å². The van der Waals surface area contributed by atoms with Crippen molar-refractivity contribution < 1.29 is 0 Å². The van der Waals surface area contributed by atoms with E-state index in [4.69, 9.17) is 0 Å². The van der Waals surface area contributed by atoms with Crippen LogP contribution < -0.4 is 10.9 Å². The molecule has 3 rings (SSSR count). The Morgan fingerprint density at radius 1 is 1.28 bits per heavy atom. The highest BCUT2D eigenvalue weighted by molar-refractivity contribution is 7.98. The minimum Gasteiger partial charge on any atom is -0.326 e. The van der Waals surface area contributed by atoms with E-state index in [0.717, 1.165) is 28.5 Å². The first-order chi connectivity index (χ1) is 8.72. The van der Waals surface area contributed by atoms with E-state index >= 15 is 0 Å². The Morgan fingerprint density at radius 2 is 2.06 bits per heavy atom. The highest BCUT2D eigenvalue weighted by Crippen LogP contribution is 2.26. The fourth-order valence-corrected chi connectivity index (χ4v) is 2.93.